The average molecular weight is 325 g/mol. The predicted molar refractivity (Wildman–Crippen MR) is 77.1 cm³/mol. The van der Waals surface area contributed by atoms with Crippen molar-refractivity contribution in [3.05, 3.63) is 52.0 Å². The summed E-state index contributed by atoms with van der Waals surface area (Å²) in [5.41, 5.74) is 3.60. The number of thiazole rings is 1. The van der Waals surface area contributed by atoms with Gasteiger partial charge in [0.25, 0.3) is 5.91 Å². The van der Waals surface area contributed by atoms with Gasteiger partial charge in [-0.25, -0.2) is 0 Å². The first-order valence-corrected chi connectivity index (χ1v) is 7.55. The summed E-state index contributed by atoms with van der Waals surface area (Å²) in [5, 5.41) is 3.75. The Hall–Kier alpha value is -1.20. The van der Waals surface area contributed by atoms with E-state index < -0.39 is 0 Å². The van der Waals surface area contributed by atoms with Gasteiger partial charge in [-0.1, -0.05) is 28.1 Å². The Kier molecular flexibility index (Phi) is 4.49. The second-order valence-electron chi connectivity index (χ2n) is 3.93. The van der Waals surface area contributed by atoms with Crippen LogP contribution in [0.15, 0.2) is 36.0 Å². The monoisotopic (exact) mass is 324 g/mol. The molecule has 1 aromatic carbocycles. The highest BCUT2D eigenvalue weighted by molar-refractivity contribution is 9.08. The minimum absolute atomic E-state index is 0.0131. The van der Waals surface area contributed by atoms with Crippen molar-refractivity contribution in [3.63, 3.8) is 0 Å². The second kappa shape index (κ2) is 6.11. The Labute approximate surface area is 118 Å². The minimum atomic E-state index is -0.0583. The number of carbonyl (C=O) groups excluding carboxylic acids is 1. The van der Waals surface area contributed by atoms with Crippen LogP contribution in [0, 0.1) is 0 Å². The topological polar surface area (TPSA) is 42.0 Å². The van der Waals surface area contributed by atoms with E-state index in [0.717, 1.165) is 15.8 Å². The summed E-state index contributed by atoms with van der Waals surface area (Å²) in [4.78, 5) is 17.1. The molecule has 0 bridgehead atoms. The summed E-state index contributed by atoms with van der Waals surface area (Å²) in [5.74, 6) is -0.0583. The normalized spacial score (nSPS) is 12.1. The molecule has 0 aliphatic carbocycles. The fourth-order valence-electron chi connectivity index (χ4n) is 1.54. The van der Waals surface area contributed by atoms with Crippen LogP contribution in [-0.4, -0.2) is 10.9 Å². The first-order valence-electron chi connectivity index (χ1n) is 5.55. The lowest BCUT2D eigenvalue weighted by Gasteiger charge is -2.11. The fraction of sp³-hybridized carbons (Fsp3) is 0.231. The summed E-state index contributed by atoms with van der Waals surface area (Å²) >= 11 is 4.92. The van der Waals surface area contributed by atoms with Crippen LogP contribution in [0.2, 0.25) is 0 Å². The molecule has 0 spiro atoms. The summed E-state index contributed by atoms with van der Waals surface area (Å²) in [6.07, 6.45) is 1.78. The molecule has 0 aliphatic rings. The van der Waals surface area contributed by atoms with Gasteiger partial charge in [0.15, 0.2) is 0 Å². The number of hydrogen-bond acceptors (Lipinski definition) is 3. The Bertz CT molecular complexity index is 510. The highest BCUT2D eigenvalue weighted by atomic mass is 79.9. The molecule has 18 heavy (non-hydrogen) atoms. The van der Waals surface area contributed by atoms with Crippen LogP contribution in [-0.2, 0) is 5.33 Å². The van der Waals surface area contributed by atoms with Gasteiger partial charge < -0.3 is 5.32 Å². The molecule has 2 aromatic rings. The molecular weight excluding hydrogens is 312 g/mol. The standard InChI is InChI=1S/C13H13BrN2OS/c1-9(12-7-15-8-18-12)16-13(17)11-4-2-10(6-14)3-5-11/h2-5,7-9H,6H2,1H3,(H,16,17). The first-order chi connectivity index (χ1) is 8.70. The summed E-state index contributed by atoms with van der Waals surface area (Å²) in [6.45, 7) is 1.96. The number of aromatic nitrogens is 1. The SMILES string of the molecule is CC(NC(=O)c1ccc(CBr)cc1)c1cncs1. The Morgan fingerprint density at radius 2 is 2.17 bits per heavy atom. The highest BCUT2D eigenvalue weighted by Crippen LogP contribution is 2.17. The van der Waals surface area contributed by atoms with Gasteiger partial charge >= 0.3 is 0 Å². The summed E-state index contributed by atoms with van der Waals surface area (Å²) in [6, 6.07) is 7.56. The van der Waals surface area contributed by atoms with Gasteiger partial charge in [-0.3, -0.25) is 9.78 Å². The first kappa shape index (κ1) is 13.2. The third-order valence-electron chi connectivity index (χ3n) is 2.60. The van der Waals surface area contributed by atoms with E-state index in [1.807, 2.05) is 31.2 Å². The van der Waals surface area contributed by atoms with Crippen molar-refractivity contribution in [1.29, 1.82) is 0 Å². The Morgan fingerprint density at radius 3 is 2.72 bits per heavy atom. The van der Waals surface area contributed by atoms with Gasteiger partial charge in [-0.2, -0.15) is 0 Å². The number of hydrogen-bond donors (Lipinski definition) is 1. The molecule has 2 rings (SSSR count). The van der Waals surface area contributed by atoms with Crippen molar-refractivity contribution in [2.24, 2.45) is 0 Å². The van der Waals surface area contributed by atoms with E-state index in [2.05, 4.69) is 26.2 Å². The minimum Gasteiger partial charge on any atom is -0.345 e. The number of halogens is 1. The Balaban J connectivity index is 2.03. The number of alkyl halides is 1. The van der Waals surface area contributed by atoms with Gasteiger partial charge in [-0.15, -0.1) is 11.3 Å². The molecule has 1 aromatic heterocycles. The molecule has 1 amide bonds. The van der Waals surface area contributed by atoms with Crippen LogP contribution in [0.3, 0.4) is 0 Å². The largest absolute Gasteiger partial charge is 0.345 e. The lowest BCUT2D eigenvalue weighted by atomic mass is 10.1. The van der Waals surface area contributed by atoms with Crippen molar-refractivity contribution < 1.29 is 4.79 Å². The Morgan fingerprint density at radius 1 is 1.44 bits per heavy atom. The van der Waals surface area contributed by atoms with Crippen molar-refractivity contribution in [3.8, 4) is 0 Å². The van der Waals surface area contributed by atoms with Crippen LogP contribution in [0.4, 0.5) is 0 Å². The molecule has 0 fully saturated rings. The van der Waals surface area contributed by atoms with Gasteiger partial charge in [0.2, 0.25) is 0 Å². The maximum atomic E-state index is 12.0. The number of rotatable bonds is 4. The van der Waals surface area contributed by atoms with E-state index in [4.69, 9.17) is 0 Å². The van der Waals surface area contributed by atoms with E-state index in [0.29, 0.717) is 5.56 Å². The van der Waals surface area contributed by atoms with Gasteiger partial charge in [-0.05, 0) is 24.6 Å². The molecule has 5 heteroatoms. The molecule has 1 unspecified atom stereocenters. The maximum absolute atomic E-state index is 12.0. The van der Waals surface area contributed by atoms with Gasteiger partial charge in [0.1, 0.15) is 0 Å². The summed E-state index contributed by atoms with van der Waals surface area (Å²) < 4.78 is 0. The lowest BCUT2D eigenvalue weighted by Crippen LogP contribution is -2.26. The number of nitrogens with one attached hydrogen (secondary N) is 1. The average Bonchev–Trinajstić information content (AvgIpc) is 2.92. The van der Waals surface area contributed by atoms with Crippen molar-refractivity contribution in [1.82, 2.24) is 10.3 Å². The third-order valence-corrected chi connectivity index (χ3v) is 4.20. The van der Waals surface area contributed by atoms with Gasteiger partial charge in [0.05, 0.1) is 11.6 Å². The quantitative estimate of drug-likeness (QED) is 0.874. The van der Waals surface area contributed by atoms with E-state index >= 15 is 0 Å². The third kappa shape index (κ3) is 3.17. The molecule has 0 saturated heterocycles. The van der Waals surface area contributed by atoms with Crippen molar-refractivity contribution in [2.75, 3.05) is 0 Å². The van der Waals surface area contributed by atoms with Crippen LogP contribution in [0.1, 0.15) is 33.8 Å². The van der Waals surface area contributed by atoms with E-state index in [1.165, 1.54) is 0 Å². The lowest BCUT2D eigenvalue weighted by molar-refractivity contribution is 0.0940. The maximum Gasteiger partial charge on any atom is 0.251 e. The molecule has 1 heterocycles. The number of benzene rings is 1. The van der Waals surface area contributed by atoms with E-state index in [-0.39, 0.29) is 11.9 Å². The fourth-order valence-corrected chi connectivity index (χ4v) is 2.54. The molecule has 1 N–H and O–H groups in total. The van der Waals surface area contributed by atoms with Gasteiger partial charge in [0, 0.05) is 22.0 Å². The smallest absolute Gasteiger partial charge is 0.251 e. The number of carbonyl (C=O) groups is 1. The zero-order valence-corrected chi connectivity index (χ0v) is 12.3. The van der Waals surface area contributed by atoms with Crippen LogP contribution < -0.4 is 5.32 Å². The molecule has 0 saturated carbocycles. The van der Waals surface area contributed by atoms with E-state index in [9.17, 15) is 4.79 Å². The molecule has 0 radical (unpaired) electrons. The van der Waals surface area contributed by atoms with E-state index in [1.54, 1.807) is 23.0 Å². The molecule has 94 valence electrons. The predicted octanol–water partition coefficient (Wildman–Crippen LogP) is 3.53. The highest BCUT2D eigenvalue weighted by Gasteiger charge is 2.12. The molecule has 3 nitrogen and oxygen atoms in total. The van der Waals surface area contributed by atoms with Crippen LogP contribution >= 0.6 is 27.3 Å². The molecular formula is C13H13BrN2OS. The number of nitrogens with zero attached hydrogens (tertiary/aromatic N) is 1. The van der Waals surface area contributed by atoms with Crippen LogP contribution in [0.25, 0.3) is 0 Å². The van der Waals surface area contributed by atoms with Crippen molar-refractivity contribution in [2.45, 2.75) is 18.3 Å². The molecule has 0 aliphatic heterocycles. The van der Waals surface area contributed by atoms with Crippen LogP contribution in [0.5, 0.6) is 0 Å². The van der Waals surface area contributed by atoms with Crippen molar-refractivity contribution >= 4 is 33.2 Å². The zero-order valence-electron chi connectivity index (χ0n) is 9.89. The number of amides is 1. The molecule has 1 atom stereocenters. The second-order valence-corrected chi connectivity index (χ2v) is 5.41. The summed E-state index contributed by atoms with van der Waals surface area (Å²) in [7, 11) is 0. The zero-order chi connectivity index (χ0) is 13.0.